The first kappa shape index (κ1) is 15.9. The van der Waals surface area contributed by atoms with Crippen molar-refractivity contribution in [1.29, 1.82) is 0 Å². The number of anilines is 2. The molecule has 25 heavy (non-hydrogen) atoms. The van der Waals surface area contributed by atoms with Crippen molar-refractivity contribution in [3.05, 3.63) is 36.5 Å². The highest BCUT2D eigenvalue weighted by Gasteiger charge is 2.34. The van der Waals surface area contributed by atoms with E-state index < -0.39 is 0 Å². The maximum Gasteiger partial charge on any atom is 0.322 e. The number of imidazole rings is 1. The van der Waals surface area contributed by atoms with Gasteiger partial charge >= 0.3 is 6.03 Å². The summed E-state index contributed by atoms with van der Waals surface area (Å²) in [6.45, 7) is 2.53. The number of rotatable bonds is 5. The Morgan fingerprint density at radius 2 is 2.08 bits per heavy atom. The van der Waals surface area contributed by atoms with Crippen molar-refractivity contribution in [2.75, 3.05) is 23.3 Å². The molecule has 1 aliphatic carbocycles. The summed E-state index contributed by atoms with van der Waals surface area (Å²) < 4.78 is 1.96. The van der Waals surface area contributed by atoms with Crippen molar-refractivity contribution in [2.24, 2.45) is 7.05 Å². The first-order chi connectivity index (χ1) is 12.2. The second kappa shape index (κ2) is 6.74. The Balaban J connectivity index is 1.51. The Bertz CT molecular complexity index is 748. The predicted octanol–water partition coefficient (Wildman–Crippen LogP) is 2.61. The van der Waals surface area contributed by atoms with Gasteiger partial charge in [0.2, 0.25) is 0 Å². The zero-order valence-corrected chi connectivity index (χ0v) is 14.6. The standard InChI is InChI=1S/C18H24N6O/c1-22-12-9-19-16(22)13-24(14-6-7-14)18(25)21-15-5-4-8-20-17(15)23-10-2-3-11-23/h4-5,8-9,12,14H,2-3,6-7,10-11,13H2,1H3,(H,21,25). The molecular weight excluding hydrogens is 316 g/mol. The van der Waals surface area contributed by atoms with Gasteiger partial charge in [0, 0.05) is 44.8 Å². The zero-order valence-electron chi connectivity index (χ0n) is 14.6. The molecule has 7 nitrogen and oxygen atoms in total. The minimum atomic E-state index is -0.0704. The van der Waals surface area contributed by atoms with Gasteiger partial charge in [-0.25, -0.2) is 14.8 Å². The van der Waals surface area contributed by atoms with E-state index in [1.165, 1.54) is 12.8 Å². The second-order valence-electron chi connectivity index (χ2n) is 6.81. The summed E-state index contributed by atoms with van der Waals surface area (Å²) in [6, 6.07) is 4.04. The Morgan fingerprint density at radius 1 is 1.28 bits per heavy atom. The molecular formula is C18H24N6O. The van der Waals surface area contributed by atoms with Gasteiger partial charge in [-0.2, -0.15) is 0 Å². The van der Waals surface area contributed by atoms with Crippen LogP contribution in [0, 0.1) is 0 Å². The molecule has 4 rings (SSSR count). The lowest BCUT2D eigenvalue weighted by atomic mass is 10.3. The number of amides is 2. The van der Waals surface area contributed by atoms with Crippen LogP contribution in [0.2, 0.25) is 0 Å². The topological polar surface area (TPSA) is 66.3 Å². The van der Waals surface area contributed by atoms with E-state index in [9.17, 15) is 4.79 Å². The fourth-order valence-electron chi connectivity index (χ4n) is 3.32. The molecule has 2 aliphatic rings. The number of nitrogens with zero attached hydrogens (tertiary/aromatic N) is 5. The number of aromatic nitrogens is 3. The number of hydrogen-bond acceptors (Lipinski definition) is 4. The number of aryl methyl sites for hydroxylation is 1. The number of carbonyl (C=O) groups excluding carboxylic acids is 1. The van der Waals surface area contributed by atoms with E-state index in [1.54, 1.807) is 12.4 Å². The van der Waals surface area contributed by atoms with Gasteiger partial charge in [0.1, 0.15) is 5.82 Å². The lowest BCUT2D eigenvalue weighted by Gasteiger charge is -2.25. The van der Waals surface area contributed by atoms with Crippen LogP contribution < -0.4 is 10.2 Å². The van der Waals surface area contributed by atoms with Crippen LogP contribution in [0.15, 0.2) is 30.7 Å². The molecule has 0 aromatic carbocycles. The van der Waals surface area contributed by atoms with Gasteiger partial charge in [0.05, 0.1) is 12.2 Å². The van der Waals surface area contributed by atoms with E-state index in [-0.39, 0.29) is 6.03 Å². The lowest BCUT2D eigenvalue weighted by molar-refractivity contribution is 0.204. The number of hydrogen-bond donors (Lipinski definition) is 1. The monoisotopic (exact) mass is 340 g/mol. The molecule has 1 saturated carbocycles. The summed E-state index contributed by atoms with van der Waals surface area (Å²) in [5.41, 5.74) is 0.792. The number of carbonyl (C=O) groups is 1. The average molecular weight is 340 g/mol. The van der Waals surface area contributed by atoms with Gasteiger partial charge in [-0.15, -0.1) is 0 Å². The zero-order chi connectivity index (χ0) is 17.2. The van der Waals surface area contributed by atoms with Gasteiger partial charge in [-0.05, 0) is 37.8 Å². The van der Waals surface area contributed by atoms with Gasteiger partial charge in [0.25, 0.3) is 0 Å². The van der Waals surface area contributed by atoms with E-state index >= 15 is 0 Å². The van der Waals surface area contributed by atoms with Crippen LogP contribution in [0.1, 0.15) is 31.5 Å². The van der Waals surface area contributed by atoms with Gasteiger partial charge < -0.3 is 19.7 Å². The largest absolute Gasteiger partial charge is 0.355 e. The van der Waals surface area contributed by atoms with Crippen molar-refractivity contribution in [2.45, 2.75) is 38.3 Å². The molecule has 2 aromatic heterocycles. The third-order valence-electron chi connectivity index (χ3n) is 4.92. The minimum absolute atomic E-state index is 0.0704. The Hall–Kier alpha value is -2.57. The van der Waals surface area contributed by atoms with Crippen LogP contribution >= 0.6 is 0 Å². The summed E-state index contributed by atoms with van der Waals surface area (Å²) in [6.07, 6.45) is 9.94. The maximum atomic E-state index is 12.9. The molecule has 7 heteroatoms. The van der Waals surface area contributed by atoms with Crippen LogP contribution in [0.25, 0.3) is 0 Å². The van der Waals surface area contributed by atoms with E-state index in [4.69, 9.17) is 0 Å². The Labute approximate surface area is 147 Å². The summed E-state index contributed by atoms with van der Waals surface area (Å²) in [7, 11) is 1.96. The average Bonchev–Trinajstić information content (AvgIpc) is 3.14. The highest BCUT2D eigenvalue weighted by Crippen LogP contribution is 2.30. The Morgan fingerprint density at radius 3 is 2.76 bits per heavy atom. The van der Waals surface area contributed by atoms with Gasteiger partial charge in [0.15, 0.2) is 5.82 Å². The summed E-state index contributed by atoms with van der Waals surface area (Å²) >= 11 is 0. The van der Waals surface area contributed by atoms with Crippen LogP contribution in [0.5, 0.6) is 0 Å². The third-order valence-corrected chi connectivity index (χ3v) is 4.92. The van der Waals surface area contributed by atoms with Crippen molar-refractivity contribution in [3.8, 4) is 0 Å². The van der Waals surface area contributed by atoms with E-state index in [0.717, 1.165) is 43.3 Å². The maximum absolute atomic E-state index is 12.9. The van der Waals surface area contributed by atoms with Crippen LogP contribution in [0.3, 0.4) is 0 Å². The van der Waals surface area contributed by atoms with E-state index in [0.29, 0.717) is 12.6 Å². The summed E-state index contributed by atoms with van der Waals surface area (Å²) in [4.78, 5) is 25.9. The molecule has 2 aromatic rings. The van der Waals surface area contributed by atoms with Gasteiger partial charge in [-0.1, -0.05) is 0 Å². The predicted molar refractivity (Wildman–Crippen MR) is 96.5 cm³/mol. The molecule has 1 aliphatic heterocycles. The molecule has 1 saturated heterocycles. The highest BCUT2D eigenvalue weighted by atomic mass is 16.2. The van der Waals surface area contributed by atoms with Crippen LogP contribution in [0.4, 0.5) is 16.3 Å². The molecule has 0 radical (unpaired) electrons. The fourth-order valence-corrected chi connectivity index (χ4v) is 3.32. The van der Waals surface area contributed by atoms with Crippen molar-refractivity contribution in [1.82, 2.24) is 19.4 Å². The van der Waals surface area contributed by atoms with Crippen LogP contribution in [-0.4, -0.2) is 44.6 Å². The minimum Gasteiger partial charge on any atom is -0.355 e. The molecule has 0 atom stereocenters. The molecule has 0 spiro atoms. The number of nitrogens with one attached hydrogen (secondary N) is 1. The molecule has 2 amide bonds. The second-order valence-corrected chi connectivity index (χ2v) is 6.81. The Kier molecular flexibility index (Phi) is 4.29. The van der Waals surface area contributed by atoms with Crippen molar-refractivity contribution >= 4 is 17.5 Å². The van der Waals surface area contributed by atoms with E-state index in [1.807, 2.05) is 34.8 Å². The molecule has 1 N–H and O–H groups in total. The quantitative estimate of drug-likeness (QED) is 0.908. The van der Waals surface area contributed by atoms with Crippen LogP contribution in [-0.2, 0) is 13.6 Å². The normalized spacial score (nSPS) is 16.9. The number of pyridine rings is 1. The third kappa shape index (κ3) is 3.45. The highest BCUT2D eigenvalue weighted by molar-refractivity contribution is 5.92. The smallest absolute Gasteiger partial charge is 0.322 e. The fraction of sp³-hybridized carbons (Fsp3) is 0.500. The SMILES string of the molecule is Cn1ccnc1CN(C(=O)Nc1cccnc1N1CCCC1)C1CC1. The molecule has 0 bridgehead atoms. The van der Waals surface area contributed by atoms with Gasteiger partial charge in [-0.3, -0.25) is 0 Å². The molecule has 0 unspecified atom stereocenters. The van der Waals surface area contributed by atoms with Crippen molar-refractivity contribution < 1.29 is 4.79 Å². The molecule has 3 heterocycles. The molecule has 132 valence electrons. The lowest BCUT2D eigenvalue weighted by Crippen LogP contribution is -2.37. The summed E-state index contributed by atoms with van der Waals surface area (Å²) in [5.74, 6) is 1.77. The van der Waals surface area contributed by atoms with E-state index in [2.05, 4.69) is 20.2 Å². The summed E-state index contributed by atoms with van der Waals surface area (Å²) in [5, 5.41) is 3.09. The van der Waals surface area contributed by atoms with Crippen molar-refractivity contribution in [3.63, 3.8) is 0 Å². The number of urea groups is 1. The first-order valence-corrected chi connectivity index (χ1v) is 8.96. The first-order valence-electron chi connectivity index (χ1n) is 8.96. The molecule has 2 fully saturated rings.